The molecule has 7 nitrogen and oxygen atoms in total. The van der Waals surface area contributed by atoms with Crippen molar-refractivity contribution in [2.24, 2.45) is 0 Å². The third-order valence-electron chi connectivity index (χ3n) is 6.04. The van der Waals surface area contributed by atoms with E-state index in [-0.39, 0.29) is 24.6 Å². The van der Waals surface area contributed by atoms with Crippen molar-refractivity contribution in [3.8, 4) is 16.9 Å². The van der Waals surface area contributed by atoms with E-state index in [1.54, 1.807) is 6.20 Å². The van der Waals surface area contributed by atoms with Gasteiger partial charge >= 0.3 is 6.03 Å². The predicted octanol–water partition coefficient (Wildman–Crippen LogP) is 4.50. The largest absolute Gasteiger partial charge is 0.489 e. The molecule has 0 spiro atoms. The van der Waals surface area contributed by atoms with Crippen molar-refractivity contribution in [1.82, 2.24) is 20.5 Å². The number of aryl methyl sites for hydroxylation is 1. The summed E-state index contributed by atoms with van der Waals surface area (Å²) in [4.78, 5) is 31.1. The van der Waals surface area contributed by atoms with Crippen LogP contribution >= 0.6 is 22.9 Å². The van der Waals surface area contributed by atoms with Crippen molar-refractivity contribution in [2.45, 2.75) is 38.8 Å². The summed E-state index contributed by atoms with van der Waals surface area (Å²) in [5, 5.41) is 6.76. The minimum atomic E-state index is -0.347. The van der Waals surface area contributed by atoms with Crippen LogP contribution < -0.4 is 15.4 Å². The maximum absolute atomic E-state index is 12.2. The number of carbonyl (C=O) groups is 2. The molecular formula is C24H25ClN4O3S. The van der Waals surface area contributed by atoms with Crippen molar-refractivity contribution in [3.63, 3.8) is 0 Å². The van der Waals surface area contributed by atoms with E-state index in [0.29, 0.717) is 18.0 Å². The van der Waals surface area contributed by atoms with E-state index in [1.807, 2.05) is 31.2 Å². The lowest BCUT2D eigenvalue weighted by molar-refractivity contribution is -0.129. The number of nitrogens with one attached hydrogen (secondary N) is 2. The van der Waals surface area contributed by atoms with Crippen LogP contribution in [0.3, 0.4) is 0 Å². The lowest BCUT2D eigenvalue weighted by Crippen LogP contribution is -2.49. The molecule has 2 N–H and O–H groups in total. The molecule has 0 unspecified atom stereocenters. The van der Waals surface area contributed by atoms with Crippen LogP contribution in [0.15, 0.2) is 30.5 Å². The van der Waals surface area contributed by atoms with Gasteiger partial charge in [-0.25, -0.2) is 4.79 Å². The summed E-state index contributed by atoms with van der Waals surface area (Å²) in [5.74, 6) is 0.687. The van der Waals surface area contributed by atoms with Gasteiger partial charge in [0, 0.05) is 40.2 Å². The quantitative estimate of drug-likeness (QED) is 0.557. The van der Waals surface area contributed by atoms with Crippen LogP contribution in [0, 0.1) is 6.92 Å². The first-order chi connectivity index (χ1) is 16.0. The van der Waals surface area contributed by atoms with E-state index in [0.717, 1.165) is 63.5 Å². The molecule has 5 rings (SSSR count). The second-order valence-corrected chi connectivity index (χ2v) is 9.99. The molecule has 3 amide bonds. The average molecular weight is 485 g/mol. The highest BCUT2D eigenvalue weighted by Crippen LogP contribution is 2.42. The number of fused-ring (bicyclic) bond motifs is 1. The summed E-state index contributed by atoms with van der Waals surface area (Å²) in [7, 11) is 0. The third kappa shape index (κ3) is 4.55. The summed E-state index contributed by atoms with van der Waals surface area (Å²) >= 11 is 8.00. The summed E-state index contributed by atoms with van der Waals surface area (Å²) in [6, 6.07) is 7.45. The Morgan fingerprint density at radius 2 is 2.00 bits per heavy atom. The zero-order valence-corrected chi connectivity index (χ0v) is 19.9. The molecule has 2 saturated heterocycles. The van der Waals surface area contributed by atoms with E-state index >= 15 is 0 Å². The number of hydrogen-bond acceptors (Lipinski definition) is 6. The molecule has 0 saturated carbocycles. The van der Waals surface area contributed by atoms with Crippen LogP contribution in [0.2, 0.25) is 5.02 Å². The first-order valence-corrected chi connectivity index (χ1v) is 12.3. The zero-order chi connectivity index (χ0) is 22.9. The van der Waals surface area contributed by atoms with Crippen LogP contribution in [0.1, 0.15) is 29.7 Å². The van der Waals surface area contributed by atoms with Crippen molar-refractivity contribution < 1.29 is 14.3 Å². The smallest absolute Gasteiger partial charge is 0.324 e. The maximum atomic E-state index is 12.2. The Hall–Kier alpha value is -2.68. The number of pyridine rings is 1. The number of carbonyl (C=O) groups excluding carboxylic acids is 2. The van der Waals surface area contributed by atoms with E-state index < -0.39 is 0 Å². The van der Waals surface area contributed by atoms with Gasteiger partial charge in [-0.3, -0.25) is 14.7 Å². The Morgan fingerprint density at radius 3 is 2.79 bits per heavy atom. The number of piperidine rings is 1. The van der Waals surface area contributed by atoms with Crippen LogP contribution in [0.5, 0.6) is 5.75 Å². The molecule has 1 aromatic carbocycles. The number of urea groups is 1. The van der Waals surface area contributed by atoms with Gasteiger partial charge < -0.3 is 15.4 Å². The van der Waals surface area contributed by atoms with Gasteiger partial charge in [-0.15, -0.1) is 11.3 Å². The fourth-order valence-corrected chi connectivity index (χ4v) is 5.78. The molecule has 33 heavy (non-hydrogen) atoms. The summed E-state index contributed by atoms with van der Waals surface area (Å²) in [5.41, 5.74) is 3.74. The lowest BCUT2D eigenvalue weighted by atomic mass is 10.0. The Kier molecular flexibility index (Phi) is 6.23. The molecule has 0 radical (unpaired) electrons. The molecule has 0 aliphatic carbocycles. The van der Waals surface area contributed by atoms with Gasteiger partial charge in [-0.05, 0) is 62.7 Å². The zero-order valence-electron chi connectivity index (χ0n) is 18.3. The number of halogens is 1. The first kappa shape index (κ1) is 22.1. The predicted molar refractivity (Wildman–Crippen MR) is 130 cm³/mol. The van der Waals surface area contributed by atoms with Crippen LogP contribution in [0.25, 0.3) is 21.3 Å². The van der Waals surface area contributed by atoms with Crippen LogP contribution in [-0.4, -0.2) is 47.6 Å². The minimum Gasteiger partial charge on any atom is -0.489 e. The summed E-state index contributed by atoms with van der Waals surface area (Å²) in [6.45, 7) is 4.54. The number of nitrogens with zero attached hydrogens (tertiary/aromatic N) is 2. The van der Waals surface area contributed by atoms with Gasteiger partial charge in [-0.1, -0.05) is 11.6 Å². The molecule has 9 heteroatoms. The number of aromatic nitrogens is 1. The van der Waals surface area contributed by atoms with E-state index in [2.05, 4.69) is 15.6 Å². The first-order valence-electron chi connectivity index (χ1n) is 11.1. The summed E-state index contributed by atoms with van der Waals surface area (Å²) < 4.78 is 7.49. The summed E-state index contributed by atoms with van der Waals surface area (Å²) in [6.07, 6.45) is 4.17. The number of benzene rings is 1. The SMILES string of the molecule is Cc1cc(Cl)cc(-c2ccnc3cc(CN4C(=O)CCNC4=O)sc23)c1OC1CCNCC1. The number of imide groups is 1. The molecular weight excluding hydrogens is 460 g/mol. The molecule has 2 fully saturated rings. The molecule has 2 aliphatic rings. The number of ether oxygens (including phenoxy) is 1. The topological polar surface area (TPSA) is 83.6 Å². The van der Waals surface area contributed by atoms with E-state index in [9.17, 15) is 9.59 Å². The van der Waals surface area contributed by atoms with Crippen LogP contribution in [0.4, 0.5) is 4.79 Å². The second kappa shape index (κ2) is 9.29. The van der Waals surface area contributed by atoms with Crippen molar-refractivity contribution in [3.05, 3.63) is 45.9 Å². The molecule has 4 heterocycles. The highest BCUT2D eigenvalue weighted by atomic mass is 35.5. The Morgan fingerprint density at radius 1 is 1.18 bits per heavy atom. The fraction of sp³-hybridized carbons (Fsp3) is 0.375. The van der Waals surface area contributed by atoms with Crippen molar-refractivity contribution >= 4 is 45.1 Å². The number of rotatable bonds is 5. The molecule has 2 aromatic heterocycles. The fourth-order valence-electron chi connectivity index (χ4n) is 4.38. The Bertz CT molecular complexity index is 1210. The second-order valence-electron chi connectivity index (χ2n) is 8.41. The molecule has 0 atom stereocenters. The molecule has 172 valence electrons. The van der Waals surface area contributed by atoms with Gasteiger partial charge in [0.05, 0.1) is 16.8 Å². The normalized spacial score (nSPS) is 17.5. The minimum absolute atomic E-state index is 0.157. The highest BCUT2D eigenvalue weighted by Gasteiger charge is 2.27. The van der Waals surface area contributed by atoms with Crippen molar-refractivity contribution in [2.75, 3.05) is 19.6 Å². The Labute approximate surface area is 201 Å². The monoisotopic (exact) mass is 484 g/mol. The molecule has 3 aromatic rings. The lowest BCUT2D eigenvalue weighted by Gasteiger charge is -2.26. The number of amides is 3. The molecule has 2 aliphatic heterocycles. The third-order valence-corrected chi connectivity index (χ3v) is 7.40. The molecule has 0 bridgehead atoms. The Balaban J connectivity index is 1.53. The van der Waals surface area contributed by atoms with Gasteiger partial charge in [0.2, 0.25) is 5.91 Å². The van der Waals surface area contributed by atoms with Crippen LogP contribution in [-0.2, 0) is 11.3 Å². The van der Waals surface area contributed by atoms with Gasteiger partial charge in [0.15, 0.2) is 0 Å². The van der Waals surface area contributed by atoms with Gasteiger partial charge in [0.25, 0.3) is 0 Å². The average Bonchev–Trinajstić information content (AvgIpc) is 3.22. The van der Waals surface area contributed by atoms with E-state index in [1.165, 1.54) is 16.2 Å². The van der Waals surface area contributed by atoms with Gasteiger partial charge in [0.1, 0.15) is 11.9 Å². The standard InChI is InChI=1S/C24H25ClN4O3S/c1-14-10-15(25)11-19(22(14)32-16-2-6-26-7-3-16)18-4-8-27-20-12-17(33-23(18)20)13-29-21(30)5-9-28-24(29)31/h4,8,10-12,16,26H,2-3,5-7,9,13H2,1H3,(H,28,31). The van der Waals surface area contributed by atoms with Gasteiger partial charge in [-0.2, -0.15) is 0 Å². The number of hydrogen-bond donors (Lipinski definition) is 2. The van der Waals surface area contributed by atoms with Crippen molar-refractivity contribution in [1.29, 1.82) is 0 Å². The highest BCUT2D eigenvalue weighted by molar-refractivity contribution is 7.19. The van der Waals surface area contributed by atoms with E-state index in [4.69, 9.17) is 16.3 Å². The maximum Gasteiger partial charge on any atom is 0.324 e. The number of thiophene rings is 1.